The number of aromatic hydroxyl groups is 1. The first-order valence-corrected chi connectivity index (χ1v) is 9.78. The molecule has 0 radical (unpaired) electrons. The Morgan fingerprint density at radius 2 is 1.83 bits per heavy atom. The van der Waals surface area contributed by atoms with Crippen LogP contribution >= 0.6 is 11.3 Å². The van der Waals surface area contributed by atoms with Crippen molar-refractivity contribution >= 4 is 38.3 Å². The van der Waals surface area contributed by atoms with E-state index in [0.717, 1.165) is 32.5 Å². The van der Waals surface area contributed by atoms with Gasteiger partial charge in [-0.15, -0.1) is 0 Å². The maximum absolute atomic E-state index is 12.2. The van der Waals surface area contributed by atoms with E-state index >= 15 is 0 Å². The van der Waals surface area contributed by atoms with Gasteiger partial charge in [-0.05, 0) is 60.4 Å². The molecule has 6 nitrogen and oxygen atoms in total. The lowest BCUT2D eigenvalue weighted by molar-refractivity contribution is 0.100. The first kappa shape index (κ1) is 18.8. The van der Waals surface area contributed by atoms with Gasteiger partial charge in [-0.2, -0.15) is 0 Å². The summed E-state index contributed by atoms with van der Waals surface area (Å²) in [7, 11) is 0. The molecule has 29 heavy (non-hydrogen) atoms. The van der Waals surface area contributed by atoms with Crippen molar-refractivity contribution in [1.82, 2.24) is 4.98 Å². The van der Waals surface area contributed by atoms with Crippen LogP contribution < -0.4 is 17.2 Å². The number of nitrogen functional groups attached to an aromatic ring is 2. The monoisotopic (exact) mass is 404 g/mol. The molecule has 4 rings (SSSR count). The lowest BCUT2D eigenvalue weighted by Gasteiger charge is -2.17. The number of carbonyl (C=O) groups excluding carboxylic acids is 1. The number of fused-ring (bicyclic) bond motifs is 1. The Balaban J connectivity index is 2.08. The smallest absolute Gasteiger partial charge is 0.250 e. The van der Waals surface area contributed by atoms with Crippen molar-refractivity contribution in [3.8, 4) is 28.0 Å². The number of benzene rings is 3. The quantitative estimate of drug-likeness (QED) is 0.380. The van der Waals surface area contributed by atoms with E-state index in [0.29, 0.717) is 16.3 Å². The molecule has 0 aliphatic carbocycles. The highest BCUT2D eigenvalue weighted by Gasteiger charge is 2.20. The summed E-state index contributed by atoms with van der Waals surface area (Å²) in [6.07, 6.45) is 0. The highest BCUT2D eigenvalue weighted by atomic mass is 32.1. The average Bonchev–Trinajstić information content (AvgIpc) is 3.06. The summed E-state index contributed by atoms with van der Waals surface area (Å²) in [6.45, 7) is 3.75. The zero-order chi connectivity index (χ0) is 20.9. The van der Waals surface area contributed by atoms with Crippen LogP contribution in [0.2, 0.25) is 0 Å². The van der Waals surface area contributed by atoms with Crippen LogP contribution in [0.1, 0.15) is 21.5 Å². The van der Waals surface area contributed by atoms with Gasteiger partial charge in [-0.3, -0.25) is 4.79 Å². The van der Waals surface area contributed by atoms with E-state index in [1.165, 1.54) is 11.3 Å². The van der Waals surface area contributed by atoms with E-state index in [-0.39, 0.29) is 17.0 Å². The Hall–Kier alpha value is -3.58. The molecule has 0 saturated carbocycles. The van der Waals surface area contributed by atoms with Gasteiger partial charge < -0.3 is 22.3 Å². The fourth-order valence-corrected chi connectivity index (χ4v) is 4.53. The normalized spacial score (nSPS) is 11.1. The lowest BCUT2D eigenvalue weighted by atomic mass is 9.89. The van der Waals surface area contributed by atoms with Crippen LogP contribution in [-0.4, -0.2) is 16.0 Å². The molecule has 3 aromatic carbocycles. The van der Waals surface area contributed by atoms with Crippen molar-refractivity contribution in [2.45, 2.75) is 13.8 Å². The number of carbonyl (C=O) groups is 1. The van der Waals surface area contributed by atoms with Gasteiger partial charge in [0.25, 0.3) is 5.91 Å². The molecule has 0 bridgehead atoms. The molecule has 4 aromatic rings. The van der Waals surface area contributed by atoms with Gasteiger partial charge in [-0.25, -0.2) is 4.98 Å². The fourth-order valence-electron chi connectivity index (χ4n) is 3.66. The van der Waals surface area contributed by atoms with Crippen molar-refractivity contribution in [1.29, 1.82) is 0 Å². The minimum Gasteiger partial charge on any atom is -0.508 e. The Bertz CT molecular complexity index is 1290. The second kappa shape index (κ2) is 6.79. The Morgan fingerprint density at radius 3 is 2.55 bits per heavy atom. The van der Waals surface area contributed by atoms with Crippen LogP contribution in [0.4, 0.5) is 10.8 Å². The molecular weight excluding hydrogens is 384 g/mol. The van der Waals surface area contributed by atoms with Crippen LogP contribution in [0.25, 0.3) is 32.5 Å². The zero-order valence-corrected chi connectivity index (χ0v) is 16.8. The van der Waals surface area contributed by atoms with Crippen LogP contribution in [0, 0.1) is 13.8 Å². The Morgan fingerprint density at radius 1 is 1.07 bits per heavy atom. The van der Waals surface area contributed by atoms with Crippen molar-refractivity contribution in [2.75, 3.05) is 11.5 Å². The summed E-state index contributed by atoms with van der Waals surface area (Å²) in [5.41, 5.74) is 23.9. The number of hydrogen-bond acceptors (Lipinski definition) is 6. The van der Waals surface area contributed by atoms with Crippen LogP contribution in [0.15, 0.2) is 42.5 Å². The number of amides is 1. The third-order valence-electron chi connectivity index (χ3n) is 5.10. The molecule has 0 aliphatic heterocycles. The number of aromatic nitrogens is 1. The summed E-state index contributed by atoms with van der Waals surface area (Å²) in [6, 6.07) is 12.8. The number of rotatable bonds is 3. The van der Waals surface area contributed by atoms with Crippen molar-refractivity contribution in [3.05, 3.63) is 59.2 Å². The Kier molecular flexibility index (Phi) is 4.39. The van der Waals surface area contributed by atoms with Crippen LogP contribution in [0.5, 0.6) is 5.75 Å². The maximum atomic E-state index is 12.2. The van der Waals surface area contributed by atoms with Crippen molar-refractivity contribution < 1.29 is 9.90 Å². The number of primary amides is 1. The second-order valence-electron chi connectivity index (χ2n) is 6.96. The van der Waals surface area contributed by atoms with Crippen molar-refractivity contribution in [3.63, 3.8) is 0 Å². The van der Waals surface area contributed by atoms with E-state index in [9.17, 15) is 9.90 Å². The highest BCUT2D eigenvalue weighted by Crippen LogP contribution is 2.41. The van der Waals surface area contributed by atoms with Gasteiger partial charge in [-0.1, -0.05) is 29.5 Å². The number of phenols is 1. The van der Waals surface area contributed by atoms with Crippen molar-refractivity contribution in [2.24, 2.45) is 5.73 Å². The van der Waals surface area contributed by atoms with Gasteiger partial charge in [0, 0.05) is 11.1 Å². The second-order valence-corrected chi connectivity index (χ2v) is 7.99. The average molecular weight is 404 g/mol. The van der Waals surface area contributed by atoms with E-state index < -0.39 is 5.91 Å². The molecule has 1 heterocycles. The summed E-state index contributed by atoms with van der Waals surface area (Å²) in [4.78, 5) is 16.5. The number of phenolic OH excluding ortho intramolecular Hbond substituents is 1. The minimum absolute atomic E-state index is 0.161. The minimum atomic E-state index is -0.614. The predicted molar refractivity (Wildman–Crippen MR) is 119 cm³/mol. The third-order valence-corrected chi connectivity index (χ3v) is 6.04. The molecular formula is C22H20N4O2S. The van der Waals surface area contributed by atoms with E-state index in [2.05, 4.69) is 4.98 Å². The molecule has 0 unspecified atom stereocenters. The van der Waals surface area contributed by atoms with E-state index in [1.54, 1.807) is 12.1 Å². The van der Waals surface area contributed by atoms with Gasteiger partial charge in [0.15, 0.2) is 5.13 Å². The number of thiazole rings is 1. The molecule has 0 aliphatic rings. The number of nitrogens with zero attached hydrogens (tertiary/aromatic N) is 1. The lowest BCUT2D eigenvalue weighted by Crippen LogP contribution is -2.14. The fraction of sp³-hybridized carbons (Fsp3) is 0.0909. The first-order valence-electron chi connectivity index (χ1n) is 8.96. The van der Waals surface area contributed by atoms with Gasteiger partial charge in [0.2, 0.25) is 0 Å². The van der Waals surface area contributed by atoms with Crippen LogP contribution in [-0.2, 0) is 0 Å². The van der Waals surface area contributed by atoms with Gasteiger partial charge in [0.1, 0.15) is 5.75 Å². The predicted octanol–water partition coefficient (Wildman–Crippen LogP) is 4.22. The SMILES string of the molecule is Cc1ccc(O)c(C)c1-c1cc(-c2cccc3nc(N)sc23)cc(C(N)=O)c1N. The number of hydrogen-bond donors (Lipinski definition) is 4. The molecule has 1 amide bonds. The molecule has 7 N–H and O–H groups in total. The first-order chi connectivity index (χ1) is 13.8. The molecule has 0 atom stereocenters. The summed E-state index contributed by atoms with van der Waals surface area (Å²) >= 11 is 1.38. The topological polar surface area (TPSA) is 128 Å². The molecule has 0 saturated heterocycles. The molecule has 146 valence electrons. The number of aryl methyl sites for hydroxylation is 1. The van der Waals surface area contributed by atoms with Crippen LogP contribution in [0.3, 0.4) is 0 Å². The van der Waals surface area contributed by atoms with E-state index in [1.807, 2.05) is 44.2 Å². The molecule has 0 spiro atoms. The zero-order valence-electron chi connectivity index (χ0n) is 16.0. The Labute approximate surface area is 171 Å². The third kappa shape index (κ3) is 3.05. The van der Waals surface area contributed by atoms with Gasteiger partial charge >= 0.3 is 0 Å². The largest absolute Gasteiger partial charge is 0.508 e. The molecule has 0 fully saturated rings. The maximum Gasteiger partial charge on any atom is 0.250 e. The summed E-state index contributed by atoms with van der Waals surface area (Å²) < 4.78 is 0.917. The summed E-state index contributed by atoms with van der Waals surface area (Å²) in [5.74, 6) is -0.453. The number of nitrogens with two attached hydrogens (primary N) is 3. The standard InChI is InChI=1S/C22H20N4O2S/c1-10-6-7-17(27)11(2)18(10)14-8-12(9-15(19(14)23)21(24)28)13-4-3-5-16-20(13)29-22(25)26-16/h3-9,27H,23H2,1-2H3,(H2,24,28)(H2,25,26). The van der Waals surface area contributed by atoms with E-state index in [4.69, 9.17) is 17.2 Å². The highest BCUT2D eigenvalue weighted by molar-refractivity contribution is 7.22. The number of anilines is 2. The molecule has 7 heteroatoms. The summed E-state index contributed by atoms with van der Waals surface area (Å²) in [5, 5.41) is 10.7. The van der Waals surface area contributed by atoms with Gasteiger partial charge in [0.05, 0.1) is 21.5 Å². The molecule has 1 aromatic heterocycles.